The molecule has 0 aliphatic heterocycles. The van der Waals surface area contributed by atoms with Crippen LogP contribution in [0.2, 0.25) is 0 Å². The van der Waals surface area contributed by atoms with E-state index in [2.05, 4.69) is 48.4 Å². The summed E-state index contributed by atoms with van der Waals surface area (Å²) in [5, 5.41) is 15.0. The predicted molar refractivity (Wildman–Crippen MR) is 106 cm³/mol. The summed E-state index contributed by atoms with van der Waals surface area (Å²) in [7, 11) is 0. The number of nitrogens with one attached hydrogen (secondary N) is 1. The molecule has 0 aliphatic rings. The zero-order valence-electron chi connectivity index (χ0n) is 16.5. The fraction of sp³-hybridized carbons (Fsp3) is 0.333. The zero-order chi connectivity index (χ0) is 20.3. The lowest BCUT2D eigenvalue weighted by Crippen LogP contribution is -2.22. The van der Waals surface area contributed by atoms with Crippen molar-refractivity contribution in [3.8, 4) is 11.4 Å². The van der Waals surface area contributed by atoms with Gasteiger partial charge in [-0.15, -0.1) is 10.2 Å². The van der Waals surface area contributed by atoms with Crippen molar-refractivity contribution in [3.05, 3.63) is 59.4 Å². The van der Waals surface area contributed by atoms with Gasteiger partial charge in [0.25, 0.3) is 0 Å². The lowest BCUT2D eigenvalue weighted by molar-refractivity contribution is -0.117. The second-order valence-electron chi connectivity index (χ2n) is 7.32. The van der Waals surface area contributed by atoms with Crippen LogP contribution < -0.4 is 5.32 Å². The van der Waals surface area contributed by atoms with E-state index in [-0.39, 0.29) is 35.9 Å². The predicted octanol–water partition coefficient (Wildman–Crippen LogP) is 4.36. The van der Waals surface area contributed by atoms with Gasteiger partial charge >= 0.3 is 0 Å². The summed E-state index contributed by atoms with van der Waals surface area (Å²) in [5.41, 5.74) is 3.54. The van der Waals surface area contributed by atoms with E-state index in [1.807, 2.05) is 18.2 Å². The topological polar surface area (TPSA) is 72.7 Å². The van der Waals surface area contributed by atoms with Crippen molar-refractivity contribution in [2.45, 2.75) is 46.1 Å². The number of hydrogen-bond acceptors (Lipinski definition) is 4. The summed E-state index contributed by atoms with van der Waals surface area (Å²) in [5.74, 6) is 0.213. The Hall–Kier alpha value is -3.09. The summed E-state index contributed by atoms with van der Waals surface area (Å²) in [6.07, 6.45) is 0. The standard InChI is InChI=1S/C21H24FN5O/c1-13(2)17-9-6-10-18(14(3)4)20(17)23-19(28)12-27-25-21(24-26-27)15-7-5-8-16(22)11-15/h5-11,13-14H,12H2,1-4H3,(H,23,28). The number of nitrogens with zero attached hydrogens (tertiary/aromatic N) is 4. The maximum absolute atomic E-state index is 13.4. The van der Waals surface area contributed by atoms with Crippen LogP contribution in [0.25, 0.3) is 11.4 Å². The van der Waals surface area contributed by atoms with Gasteiger partial charge in [-0.3, -0.25) is 4.79 Å². The number of para-hydroxylation sites is 1. The lowest BCUT2D eigenvalue weighted by Gasteiger charge is -2.20. The number of benzene rings is 2. The Labute approximate surface area is 163 Å². The molecule has 0 unspecified atom stereocenters. The third kappa shape index (κ3) is 4.42. The van der Waals surface area contributed by atoms with Crippen LogP contribution in [0.1, 0.15) is 50.7 Å². The minimum Gasteiger partial charge on any atom is -0.324 e. The fourth-order valence-electron chi connectivity index (χ4n) is 3.06. The van der Waals surface area contributed by atoms with Gasteiger partial charge in [-0.25, -0.2) is 4.39 Å². The minimum absolute atomic E-state index is 0.0771. The molecule has 0 bridgehead atoms. The molecule has 1 heterocycles. The van der Waals surface area contributed by atoms with E-state index in [1.165, 1.54) is 16.9 Å². The summed E-state index contributed by atoms with van der Waals surface area (Å²) >= 11 is 0. The third-order valence-corrected chi connectivity index (χ3v) is 4.46. The number of carbonyl (C=O) groups excluding carboxylic acids is 1. The van der Waals surface area contributed by atoms with Gasteiger partial charge in [-0.2, -0.15) is 4.80 Å². The number of halogens is 1. The van der Waals surface area contributed by atoms with Crippen molar-refractivity contribution in [2.24, 2.45) is 0 Å². The van der Waals surface area contributed by atoms with Crippen LogP contribution in [0.15, 0.2) is 42.5 Å². The van der Waals surface area contributed by atoms with Crippen LogP contribution in [0.3, 0.4) is 0 Å². The Morgan fingerprint density at radius 3 is 2.32 bits per heavy atom. The highest BCUT2D eigenvalue weighted by Crippen LogP contribution is 2.32. The molecular formula is C21H24FN5O. The Bertz CT molecular complexity index is 954. The molecule has 7 heteroatoms. The summed E-state index contributed by atoms with van der Waals surface area (Å²) in [6.45, 7) is 8.31. The molecule has 0 saturated carbocycles. The fourth-order valence-corrected chi connectivity index (χ4v) is 3.06. The van der Waals surface area contributed by atoms with E-state index in [9.17, 15) is 9.18 Å². The van der Waals surface area contributed by atoms with E-state index < -0.39 is 0 Å². The van der Waals surface area contributed by atoms with Crippen molar-refractivity contribution < 1.29 is 9.18 Å². The molecule has 146 valence electrons. The maximum Gasteiger partial charge on any atom is 0.248 e. The van der Waals surface area contributed by atoms with Crippen molar-refractivity contribution in [2.75, 3.05) is 5.32 Å². The Morgan fingerprint density at radius 2 is 1.71 bits per heavy atom. The van der Waals surface area contributed by atoms with E-state index in [0.29, 0.717) is 5.56 Å². The largest absolute Gasteiger partial charge is 0.324 e. The Morgan fingerprint density at radius 1 is 1.07 bits per heavy atom. The smallest absolute Gasteiger partial charge is 0.248 e. The minimum atomic E-state index is -0.377. The van der Waals surface area contributed by atoms with Crippen molar-refractivity contribution >= 4 is 11.6 Å². The first-order valence-corrected chi connectivity index (χ1v) is 9.31. The lowest BCUT2D eigenvalue weighted by atomic mass is 9.92. The normalized spacial score (nSPS) is 11.2. The molecule has 0 aliphatic carbocycles. The van der Waals surface area contributed by atoms with Gasteiger partial charge in [0.05, 0.1) is 0 Å². The molecule has 0 saturated heterocycles. The van der Waals surface area contributed by atoms with Crippen molar-refractivity contribution in [1.82, 2.24) is 20.2 Å². The van der Waals surface area contributed by atoms with Crippen LogP contribution in [-0.4, -0.2) is 26.1 Å². The average Bonchev–Trinajstić information content (AvgIpc) is 3.09. The average molecular weight is 381 g/mol. The quantitative estimate of drug-likeness (QED) is 0.688. The molecule has 1 N–H and O–H groups in total. The van der Waals surface area contributed by atoms with Gasteiger partial charge in [0.15, 0.2) is 0 Å². The van der Waals surface area contributed by atoms with E-state index in [0.717, 1.165) is 16.8 Å². The van der Waals surface area contributed by atoms with Crippen molar-refractivity contribution in [3.63, 3.8) is 0 Å². The molecule has 2 aromatic carbocycles. The van der Waals surface area contributed by atoms with E-state index >= 15 is 0 Å². The number of tetrazole rings is 1. The van der Waals surface area contributed by atoms with Crippen LogP contribution in [0.5, 0.6) is 0 Å². The van der Waals surface area contributed by atoms with Gasteiger partial charge in [-0.05, 0) is 40.3 Å². The second kappa shape index (κ2) is 8.29. The van der Waals surface area contributed by atoms with Gasteiger partial charge < -0.3 is 5.32 Å². The molecular weight excluding hydrogens is 357 g/mol. The number of aromatic nitrogens is 4. The van der Waals surface area contributed by atoms with Gasteiger partial charge in [-0.1, -0.05) is 58.0 Å². The number of amides is 1. The van der Waals surface area contributed by atoms with Gasteiger partial charge in [0, 0.05) is 11.3 Å². The molecule has 3 rings (SSSR count). The Kier molecular flexibility index (Phi) is 5.82. The molecule has 0 atom stereocenters. The first-order valence-electron chi connectivity index (χ1n) is 9.31. The maximum atomic E-state index is 13.4. The zero-order valence-corrected chi connectivity index (χ0v) is 16.5. The van der Waals surface area contributed by atoms with Gasteiger partial charge in [0.1, 0.15) is 12.4 Å². The van der Waals surface area contributed by atoms with E-state index in [1.54, 1.807) is 12.1 Å². The molecule has 1 amide bonds. The molecule has 0 spiro atoms. The summed E-state index contributed by atoms with van der Waals surface area (Å²) in [4.78, 5) is 13.8. The monoisotopic (exact) mass is 381 g/mol. The number of carbonyl (C=O) groups is 1. The van der Waals surface area contributed by atoms with E-state index in [4.69, 9.17) is 0 Å². The molecule has 6 nitrogen and oxygen atoms in total. The van der Waals surface area contributed by atoms with Crippen LogP contribution in [-0.2, 0) is 11.3 Å². The molecule has 0 fully saturated rings. The van der Waals surface area contributed by atoms with Crippen LogP contribution in [0, 0.1) is 5.82 Å². The Balaban J connectivity index is 1.78. The molecule has 1 aromatic heterocycles. The van der Waals surface area contributed by atoms with Crippen molar-refractivity contribution in [1.29, 1.82) is 0 Å². The number of hydrogen-bond donors (Lipinski definition) is 1. The van der Waals surface area contributed by atoms with Crippen LogP contribution in [0.4, 0.5) is 10.1 Å². The molecule has 28 heavy (non-hydrogen) atoms. The first-order chi connectivity index (χ1) is 13.3. The highest BCUT2D eigenvalue weighted by molar-refractivity contribution is 5.92. The third-order valence-electron chi connectivity index (χ3n) is 4.46. The van der Waals surface area contributed by atoms with Crippen LogP contribution >= 0.6 is 0 Å². The number of anilines is 1. The summed E-state index contributed by atoms with van der Waals surface area (Å²) < 4.78 is 13.4. The highest BCUT2D eigenvalue weighted by Gasteiger charge is 2.17. The van der Waals surface area contributed by atoms with Gasteiger partial charge in [0.2, 0.25) is 11.7 Å². The number of rotatable bonds is 6. The molecule has 3 aromatic rings. The molecule has 0 radical (unpaired) electrons. The SMILES string of the molecule is CC(C)c1cccc(C(C)C)c1NC(=O)Cn1nnc(-c2cccc(F)c2)n1. The summed E-state index contributed by atoms with van der Waals surface area (Å²) in [6, 6.07) is 12.0. The second-order valence-corrected chi connectivity index (χ2v) is 7.32. The highest BCUT2D eigenvalue weighted by atomic mass is 19.1. The first kappa shape index (κ1) is 19.7.